The van der Waals surface area contributed by atoms with E-state index in [1.54, 1.807) is 0 Å². The Bertz CT molecular complexity index is 1340. The summed E-state index contributed by atoms with van der Waals surface area (Å²) in [4.78, 5) is 10.7. The normalized spacial score (nSPS) is 19.4. The largest absolute Gasteiger partial charge is 0.477 e. The van der Waals surface area contributed by atoms with Gasteiger partial charge in [-0.15, -0.1) is 0 Å². The molecule has 3 rings (SSSR count). The van der Waals surface area contributed by atoms with Crippen molar-refractivity contribution in [3.8, 4) is 0 Å². The molecule has 1 heterocycles. The zero-order valence-electron chi connectivity index (χ0n) is 16.1. The molecule has 170 valence electrons. The molecule has 13 nitrogen and oxygen atoms in total. The zero-order chi connectivity index (χ0) is 23.8. The van der Waals surface area contributed by atoms with Gasteiger partial charge in [0.25, 0.3) is 20.2 Å². The number of carboxylic acids is 1. The molecule has 0 amide bonds. The molecule has 0 fully saturated rings. The molecular weight excluding hydrogens is 468 g/mol. The number of aliphatic hydroxyl groups is 1. The first-order valence-electron chi connectivity index (χ1n) is 8.64. The minimum absolute atomic E-state index is 0.0314. The number of hydrazone groups is 1. The molecule has 0 bridgehead atoms. The molecule has 2 atom stereocenters. The summed E-state index contributed by atoms with van der Waals surface area (Å²) in [6, 6.07) is 6.72. The van der Waals surface area contributed by atoms with Crippen molar-refractivity contribution < 1.29 is 40.9 Å². The number of nitrogens with zero attached hydrogens (tertiary/aromatic N) is 4. The van der Waals surface area contributed by atoms with E-state index in [1.165, 1.54) is 31.2 Å². The third-order valence-corrected chi connectivity index (χ3v) is 6.26. The summed E-state index contributed by atoms with van der Waals surface area (Å²) in [6.07, 6.45) is -1.65. The Morgan fingerprint density at radius 1 is 1.03 bits per heavy atom. The van der Waals surface area contributed by atoms with Gasteiger partial charge in [0, 0.05) is 0 Å². The van der Waals surface area contributed by atoms with E-state index >= 15 is 0 Å². The van der Waals surface area contributed by atoms with Crippen LogP contribution in [0.15, 0.2) is 67.6 Å². The van der Waals surface area contributed by atoms with Crippen LogP contribution in [0.25, 0.3) is 0 Å². The van der Waals surface area contributed by atoms with Crippen molar-refractivity contribution in [2.24, 2.45) is 15.3 Å². The average Bonchev–Trinajstić information content (AvgIpc) is 3.02. The van der Waals surface area contributed by atoms with Crippen LogP contribution in [0.3, 0.4) is 0 Å². The summed E-state index contributed by atoms with van der Waals surface area (Å²) in [5.41, 5.74) is -0.261. The van der Waals surface area contributed by atoms with Crippen molar-refractivity contribution in [3.63, 3.8) is 0 Å². The Morgan fingerprint density at radius 2 is 1.66 bits per heavy atom. The molecule has 15 heteroatoms. The fourth-order valence-electron chi connectivity index (χ4n) is 2.83. The minimum atomic E-state index is -4.52. The molecular formula is C17H16N4O9S2. The van der Waals surface area contributed by atoms with Crippen molar-refractivity contribution in [1.82, 2.24) is 0 Å². The number of azo groups is 1. The second-order valence-electron chi connectivity index (χ2n) is 6.60. The smallest absolute Gasteiger partial charge is 0.354 e. The first-order valence-corrected chi connectivity index (χ1v) is 11.5. The van der Waals surface area contributed by atoms with Crippen LogP contribution in [0.4, 0.5) is 11.4 Å². The van der Waals surface area contributed by atoms with Gasteiger partial charge < -0.3 is 10.2 Å². The number of aryl methyl sites for hydroxylation is 1. The molecule has 0 aromatic heterocycles. The standard InChI is InChI=1S/C17H16N4O9S2/c1-9-2-3-10(8-13(9)32(28,29)30)18-19-14-15(17(23)24)20-21(16(14)22)11-4-6-12(7-5-11)31(25,26)27/h2-8,14,16,22H,1H3,(H,23,24)(H,25,26,27)(H,28,29,30). The fourth-order valence-corrected chi connectivity index (χ4v) is 4.06. The SMILES string of the molecule is Cc1ccc(N=NC2C(C(=O)O)=NN(c3ccc(S(=O)(=O)O)cc3)C2O)cc1S(=O)(=O)O. The lowest BCUT2D eigenvalue weighted by Gasteiger charge is -2.20. The lowest BCUT2D eigenvalue weighted by atomic mass is 10.1. The van der Waals surface area contributed by atoms with Gasteiger partial charge in [0.2, 0.25) is 0 Å². The van der Waals surface area contributed by atoms with Crippen molar-refractivity contribution in [3.05, 3.63) is 48.0 Å². The molecule has 0 radical (unpaired) electrons. The number of hydrogen-bond donors (Lipinski definition) is 4. The van der Waals surface area contributed by atoms with Crippen molar-refractivity contribution in [1.29, 1.82) is 0 Å². The van der Waals surface area contributed by atoms with Crippen LogP contribution >= 0.6 is 0 Å². The number of anilines is 1. The number of hydrogen-bond acceptors (Lipinski definition) is 10. The van der Waals surface area contributed by atoms with E-state index in [0.717, 1.165) is 23.2 Å². The highest BCUT2D eigenvalue weighted by Crippen LogP contribution is 2.28. The van der Waals surface area contributed by atoms with Gasteiger partial charge in [0.05, 0.1) is 21.2 Å². The number of aliphatic carboxylic acids is 1. The van der Waals surface area contributed by atoms with Crippen molar-refractivity contribution >= 4 is 43.3 Å². The van der Waals surface area contributed by atoms with E-state index in [1.807, 2.05) is 0 Å². The van der Waals surface area contributed by atoms with Gasteiger partial charge in [-0.2, -0.15) is 32.2 Å². The topological polar surface area (TPSA) is 207 Å². The summed E-state index contributed by atoms with van der Waals surface area (Å²) in [5, 5.41) is 32.2. The molecule has 4 N–H and O–H groups in total. The Morgan fingerprint density at radius 3 is 2.19 bits per heavy atom. The van der Waals surface area contributed by atoms with Crippen LogP contribution in [0.2, 0.25) is 0 Å². The molecule has 0 aliphatic carbocycles. The number of rotatable bonds is 6. The van der Waals surface area contributed by atoms with Crippen molar-refractivity contribution in [2.75, 3.05) is 5.01 Å². The second kappa shape index (κ2) is 8.36. The molecule has 1 aliphatic rings. The second-order valence-corrected chi connectivity index (χ2v) is 9.41. The molecule has 0 spiro atoms. The zero-order valence-corrected chi connectivity index (χ0v) is 17.8. The molecule has 0 saturated heterocycles. The highest BCUT2D eigenvalue weighted by molar-refractivity contribution is 7.86. The Balaban J connectivity index is 1.93. The molecule has 32 heavy (non-hydrogen) atoms. The predicted molar refractivity (Wildman–Crippen MR) is 109 cm³/mol. The third-order valence-electron chi connectivity index (χ3n) is 4.39. The summed E-state index contributed by atoms with van der Waals surface area (Å²) in [6.45, 7) is 1.45. The van der Waals surface area contributed by atoms with E-state index in [2.05, 4.69) is 15.3 Å². The summed E-state index contributed by atoms with van der Waals surface area (Å²) in [5.74, 6) is -1.51. The van der Waals surface area contributed by atoms with Gasteiger partial charge in [-0.05, 0) is 48.9 Å². The average molecular weight is 484 g/mol. The Hall–Kier alpha value is -3.24. The summed E-state index contributed by atoms with van der Waals surface area (Å²) < 4.78 is 63.5. The van der Waals surface area contributed by atoms with Crippen LogP contribution in [-0.2, 0) is 25.0 Å². The molecule has 2 unspecified atom stereocenters. The maximum absolute atomic E-state index is 11.6. The fraction of sp³-hybridized carbons (Fsp3) is 0.176. The number of benzene rings is 2. The Kier molecular flexibility index (Phi) is 6.12. The van der Waals surface area contributed by atoms with Crippen LogP contribution in [0.1, 0.15) is 5.56 Å². The first-order chi connectivity index (χ1) is 14.8. The summed E-state index contributed by atoms with van der Waals surface area (Å²) >= 11 is 0. The van der Waals surface area contributed by atoms with E-state index < -0.39 is 54.0 Å². The van der Waals surface area contributed by atoms with Crippen LogP contribution in [0, 0.1) is 6.92 Å². The van der Waals surface area contributed by atoms with Gasteiger partial charge in [0.15, 0.2) is 18.0 Å². The quantitative estimate of drug-likeness (QED) is 0.340. The van der Waals surface area contributed by atoms with Gasteiger partial charge >= 0.3 is 5.97 Å². The Labute approximate surface area is 181 Å². The van der Waals surface area contributed by atoms with E-state index in [-0.39, 0.29) is 16.9 Å². The van der Waals surface area contributed by atoms with Gasteiger partial charge in [-0.25, -0.2) is 9.80 Å². The first kappa shape index (κ1) is 23.4. The van der Waals surface area contributed by atoms with E-state index in [4.69, 9.17) is 4.55 Å². The van der Waals surface area contributed by atoms with Crippen LogP contribution < -0.4 is 5.01 Å². The van der Waals surface area contributed by atoms with E-state index in [0.29, 0.717) is 0 Å². The monoisotopic (exact) mass is 484 g/mol. The third kappa shape index (κ3) is 4.81. The minimum Gasteiger partial charge on any atom is -0.477 e. The van der Waals surface area contributed by atoms with Gasteiger partial charge in [0.1, 0.15) is 0 Å². The van der Waals surface area contributed by atoms with Gasteiger partial charge in [-0.3, -0.25) is 9.11 Å². The highest BCUT2D eigenvalue weighted by atomic mass is 32.2. The number of carbonyl (C=O) groups is 1. The molecule has 0 saturated carbocycles. The molecule has 2 aromatic rings. The van der Waals surface area contributed by atoms with Crippen molar-refractivity contribution in [2.45, 2.75) is 29.0 Å². The number of carboxylic acid groups (broad SMARTS) is 1. The predicted octanol–water partition coefficient (Wildman–Crippen LogP) is 1.22. The van der Waals surface area contributed by atoms with Crippen LogP contribution in [0.5, 0.6) is 0 Å². The molecule has 1 aliphatic heterocycles. The lowest BCUT2D eigenvalue weighted by molar-refractivity contribution is -0.129. The van der Waals surface area contributed by atoms with E-state index in [9.17, 15) is 36.4 Å². The van der Waals surface area contributed by atoms with Crippen LogP contribution in [-0.4, -0.2) is 60.1 Å². The lowest BCUT2D eigenvalue weighted by Crippen LogP contribution is -2.37. The molecule has 2 aromatic carbocycles. The maximum atomic E-state index is 11.6. The number of aliphatic hydroxyl groups excluding tert-OH is 1. The highest BCUT2D eigenvalue weighted by Gasteiger charge is 2.41. The maximum Gasteiger partial charge on any atom is 0.354 e. The van der Waals surface area contributed by atoms with Gasteiger partial charge in [-0.1, -0.05) is 6.07 Å². The summed E-state index contributed by atoms with van der Waals surface area (Å²) in [7, 11) is -8.98.